The fourth-order valence-corrected chi connectivity index (χ4v) is 7.25. The minimum Gasteiger partial charge on any atom is -0.490 e. The second-order valence-corrected chi connectivity index (χ2v) is 12.9. The number of ether oxygens (including phenoxy) is 1. The number of fused-ring (bicyclic) bond motifs is 3. The van der Waals surface area contributed by atoms with E-state index in [1.54, 1.807) is 11.2 Å². The number of hydrogen-bond acceptors (Lipinski definition) is 7. The zero-order valence-corrected chi connectivity index (χ0v) is 27.1. The maximum Gasteiger partial charge on any atom is 0.246 e. The molecular weight excluding hydrogens is 622 g/mol. The van der Waals surface area contributed by atoms with Crippen molar-refractivity contribution in [3.63, 3.8) is 0 Å². The molecule has 9 nitrogen and oxygen atoms in total. The fourth-order valence-electron chi connectivity index (χ4n) is 6.34. The standard InChI is InChI=1S/C35H32F2N6O3S/c1-6-30(45)42-15-18(2)43-28(20(42)4)14-26(40-43)34-31(32-24(37)12-22(36)13-29(32)46-16-19(3)44)23-9-10-47-35(23)33(39-34)21-7-8-27-25(11-21)38-17-41(27)5/h6-14,17-20,44H,1,15-16H2,2-5H3/t18-,19+,20+/m0/s1. The maximum atomic E-state index is 16.1. The SMILES string of the molecule is C=CC(=O)N1C[C@H](C)n2nc(-c3nc(-c4ccc5c(c4)ncn5C)c4sccc4c3-c3c(F)cc(F)cc3OC[C@@H](C)O)cc2[C@H]1C. The Bertz CT molecular complexity index is 2200. The van der Waals surface area contributed by atoms with Gasteiger partial charge in [-0.05, 0) is 56.5 Å². The first-order chi connectivity index (χ1) is 22.5. The Morgan fingerprint density at radius 2 is 1.98 bits per heavy atom. The Morgan fingerprint density at radius 1 is 1.17 bits per heavy atom. The molecule has 0 spiro atoms. The minimum absolute atomic E-state index is 0.0141. The number of aliphatic hydroxyl groups excluding tert-OH is 1. The molecule has 6 aromatic rings. The lowest BCUT2D eigenvalue weighted by molar-refractivity contribution is -0.129. The summed E-state index contributed by atoms with van der Waals surface area (Å²) in [6, 6.07) is 11.1. The molecule has 0 aliphatic carbocycles. The molecule has 3 atom stereocenters. The molecule has 0 saturated carbocycles. The molecule has 1 N–H and O–H groups in total. The minimum atomic E-state index is -0.874. The van der Waals surface area contributed by atoms with Gasteiger partial charge >= 0.3 is 0 Å². The summed E-state index contributed by atoms with van der Waals surface area (Å²) in [6.45, 7) is 9.36. The van der Waals surface area contributed by atoms with Crippen molar-refractivity contribution >= 4 is 38.4 Å². The van der Waals surface area contributed by atoms with Crippen molar-refractivity contribution in [1.82, 2.24) is 29.2 Å². The van der Waals surface area contributed by atoms with E-state index in [9.17, 15) is 14.3 Å². The topological polar surface area (TPSA) is 98.3 Å². The predicted molar refractivity (Wildman–Crippen MR) is 178 cm³/mol. The van der Waals surface area contributed by atoms with E-state index in [0.717, 1.165) is 39.1 Å². The molecule has 1 aliphatic heterocycles. The van der Waals surface area contributed by atoms with Crippen LogP contribution in [0.3, 0.4) is 0 Å². The number of carbonyl (C=O) groups excluding carboxylic acids is 1. The number of halogens is 2. The van der Waals surface area contributed by atoms with Gasteiger partial charge in [-0.2, -0.15) is 5.10 Å². The number of imidazole rings is 1. The lowest BCUT2D eigenvalue weighted by atomic mass is 9.95. The number of aliphatic hydroxyl groups is 1. The predicted octanol–water partition coefficient (Wildman–Crippen LogP) is 7.07. The number of aromatic nitrogens is 5. The summed E-state index contributed by atoms with van der Waals surface area (Å²) in [6.07, 6.45) is 2.18. The van der Waals surface area contributed by atoms with Crippen molar-refractivity contribution in [2.75, 3.05) is 13.2 Å². The van der Waals surface area contributed by atoms with Gasteiger partial charge in [0.1, 0.15) is 35.4 Å². The number of thiophene rings is 1. The van der Waals surface area contributed by atoms with E-state index in [1.807, 2.05) is 65.9 Å². The largest absolute Gasteiger partial charge is 0.490 e. The summed E-state index contributed by atoms with van der Waals surface area (Å²) >= 11 is 1.45. The molecule has 0 bridgehead atoms. The zero-order chi connectivity index (χ0) is 33.1. The lowest BCUT2D eigenvalue weighted by Gasteiger charge is -2.36. The molecule has 5 heterocycles. The summed E-state index contributed by atoms with van der Waals surface area (Å²) in [5, 5.41) is 17.5. The van der Waals surface area contributed by atoms with Gasteiger partial charge in [0.05, 0.1) is 57.2 Å². The number of pyridine rings is 1. The van der Waals surface area contributed by atoms with E-state index in [-0.39, 0.29) is 35.9 Å². The van der Waals surface area contributed by atoms with Gasteiger partial charge < -0.3 is 19.3 Å². The van der Waals surface area contributed by atoms with Crippen LogP contribution in [0.2, 0.25) is 0 Å². The Balaban J connectivity index is 1.52. The average molecular weight is 655 g/mol. The highest BCUT2D eigenvalue weighted by Gasteiger charge is 2.34. The highest BCUT2D eigenvalue weighted by atomic mass is 32.1. The summed E-state index contributed by atoms with van der Waals surface area (Å²) in [5.74, 6) is -1.89. The number of rotatable bonds is 7. The van der Waals surface area contributed by atoms with Gasteiger partial charge in [-0.3, -0.25) is 9.48 Å². The van der Waals surface area contributed by atoms with E-state index in [2.05, 4.69) is 11.6 Å². The maximum absolute atomic E-state index is 16.1. The van der Waals surface area contributed by atoms with Gasteiger partial charge in [-0.1, -0.05) is 12.6 Å². The number of aryl methyl sites for hydroxylation is 1. The van der Waals surface area contributed by atoms with Crippen LogP contribution >= 0.6 is 11.3 Å². The quantitative estimate of drug-likeness (QED) is 0.185. The Hall–Kier alpha value is -4.94. The monoisotopic (exact) mass is 654 g/mol. The first kappa shape index (κ1) is 30.7. The van der Waals surface area contributed by atoms with Crippen LogP contribution in [0, 0.1) is 11.6 Å². The lowest BCUT2D eigenvalue weighted by Crippen LogP contribution is -2.42. The van der Waals surface area contributed by atoms with Crippen LogP contribution < -0.4 is 4.74 Å². The molecule has 0 unspecified atom stereocenters. The first-order valence-electron chi connectivity index (χ1n) is 15.2. The average Bonchev–Trinajstić information content (AvgIpc) is 3.80. The van der Waals surface area contributed by atoms with Gasteiger partial charge in [0.15, 0.2) is 0 Å². The summed E-state index contributed by atoms with van der Waals surface area (Å²) in [4.78, 5) is 24.2. The van der Waals surface area contributed by atoms with E-state index < -0.39 is 17.7 Å². The second-order valence-electron chi connectivity index (χ2n) is 11.9. The third-order valence-electron chi connectivity index (χ3n) is 8.60. The van der Waals surface area contributed by atoms with Crippen LogP contribution in [-0.4, -0.2) is 59.5 Å². The number of carbonyl (C=O) groups is 1. The number of hydrogen-bond donors (Lipinski definition) is 1. The molecule has 0 saturated heterocycles. The van der Waals surface area contributed by atoms with Gasteiger partial charge in [-0.15, -0.1) is 11.3 Å². The number of benzene rings is 2. The van der Waals surface area contributed by atoms with Crippen LogP contribution in [0.5, 0.6) is 5.75 Å². The molecule has 4 aromatic heterocycles. The van der Waals surface area contributed by atoms with Crippen LogP contribution in [0.4, 0.5) is 8.78 Å². The molecule has 7 rings (SSSR count). The Morgan fingerprint density at radius 3 is 2.74 bits per heavy atom. The van der Waals surface area contributed by atoms with Crippen molar-refractivity contribution < 1.29 is 23.4 Å². The molecule has 0 fully saturated rings. The van der Waals surface area contributed by atoms with Crippen LogP contribution in [0.25, 0.3) is 54.9 Å². The van der Waals surface area contributed by atoms with Crippen LogP contribution in [0.15, 0.2) is 66.8 Å². The van der Waals surface area contributed by atoms with Crippen molar-refractivity contribution in [3.05, 3.63) is 84.2 Å². The molecule has 240 valence electrons. The molecular formula is C35H32F2N6O3S. The third kappa shape index (κ3) is 5.17. The van der Waals surface area contributed by atoms with Crippen molar-refractivity contribution in [2.45, 2.75) is 39.0 Å². The molecule has 47 heavy (non-hydrogen) atoms. The van der Waals surface area contributed by atoms with Gasteiger partial charge in [-0.25, -0.2) is 18.7 Å². The molecule has 12 heteroatoms. The van der Waals surface area contributed by atoms with E-state index in [0.29, 0.717) is 34.6 Å². The molecule has 2 aromatic carbocycles. The molecule has 1 aliphatic rings. The number of amides is 1. The highest BCUT2D eigenvalue weighted by Crippen LogP contribution is 2.47. The van der Waals surface area contributed by atoms with Gasteiger partial charge in [0.25, 0.3) is 0 Å². The first-order valence-corrected chi connectivity index (χ1v) is 16.1. The van der Waals surface area contributed by atoms with Gasteiger partial charge in [0, 0.05) is 42.2 Å². The third-order valence-corrected chi connectivity index (χ3v) is 9.52. The Labute approximate surface area is 273 Å². The number of nitrogens with zero attached hydrogens (tertiary/aromatic N) is 6. The fraction of sp³-hybridized carbons (Fsp3) is 0.257. The summed E-state index contributed by atoms with van der Waals surface area (Å²) in [7, 11) is 1.93. The smallest absolute Gasteiger partial charge is 0.246 e. The van der Waals surface area contributed by atoms with Crippen LogP contribution in [-0.2, 0) is 11.8 Å². The zero-order valence-electron chi connectivity index (χ0n) is 26.2. The highest BCUT2D eigenvalue weighted by molar-refractivity contribution is 7.17. The van der Waals surface area contributed by atoms with Crippen molar-refractivity contribution in [1.29, 1.82) is 0 Å². The molecule has 1 amide bonds. The molecule has 0 radical (unpaired) electrons. The van der Waals surface area contributed by atoms with Crippen molar-refractivity contribution in [2.24, 2.45) is 7.05 Å². The van der Waals surface area contributed by atoms with Crippen LogP contribution in [0.1, 0.15) is 38.5 Å². The Kier molecular flexibility index (Phi) is 7.64. The second kappa shape index (κ2) is 11.7. The van der Waals surface area contributed by atoms with Crippen molar-refractivity contribution in [3.8, 4) is 39.5 Å². The van der Waals surface area contributed by atoms with E-state index >= 15 is 4.39 Å². The summed E-state index contributed by atoms with van der Waals surface area (Å²) in [5.41, 5.74) is 5.24. The van der Waals surface area contributed by atoms with E-state index in [4.69, 9.17) is 14.8 Å². The van der Waals surface area contributed by atoms with Gasteiger partial charge in [0.2, 0.25) is 5.91 Å². The van der Waals surface area contributed by atoms with E-state index in [1.165, 1.54) is 24.3 Å². The summed E-state index contributed by atoms with van der Waals surface area (Å²) < 4.78 is 41.2. The normalized spacial score (nSPS) is 16.9.